The number of aromatic nitrogens is 1. The van der Waals surface area contributed by atoms with Crippen molar-refractivity contribution >= 4 is 51.6 Å². The van der Waals surface area contributed by atoms with E-state index in [0.717, 1.165) is 64.7 Å². The Morgan fingerprint density at radius 2 is 2.25 bits per heavy atom. The van der Waals surface area contributed by atoms with Crippen LogP contribution in [0.15, 0.2) is 40.1 Å². The normalized spacial score (nSPS) is 19.4. The van der Waals surface area contributed by atoms with Crippen molar-refractivity contribution in [2.24, 2.45) is 17.6 Å². The van der Waals surface area contributed by atoms with Crippen LogP contribution in [0.2, 0.25) is 5.02 Å². The Morgan fingerprint density at radius 3 is 2.97 bits per heavy atom. The van der Waals surface area contributed by atoms with Gasteiger partial charge in [-0.05, 0) is 67.5 Å². The lowest BCUT2D eigenvalue weighted by molar-refractivity contribution is -0.139. The Morgan fingerprint density at radius 1 is 1.42 bits per heavy atom. The molecule has 1 saturated heterocycles. The zero-order chi connectivity index (χ0) is 25.7. The zero-order valence-electron chi connectivity index (χ0n) is 20.2. The van der Waals surface area contributed by atoms with E-state index in [4.69, 9.17) is 22.1 Å². The SMILES string of the molecule is COc1ccc2ncc(Cl)c(C(N)CCC3CCN(CCSc4cc(F)cs4)CC3CC(=O)O)c2c1. The van der Waals surface area contributed by atoms with Crippen molar-refractivity contribution < 1.29 is 19.0 Å². The van der Waals surface area contributed by atoms with Gasteiger partial charge in [0, 0.05) is 48.3 Å². The maximum atomic E-state index is 13.2. The molecule has 0 radical (unpaired) electrons. The van der Waals surface area contributed by atoms with Crippen molar-refractivity contribution in [3.05, 3.63) is 52.2 Å². The molecule has 0 spiro atoms. The molecule has 2 aromatic heterocycles. The molecule has 3 N–H and O–H groups in total. The molecule has 0 saturated carbocycles. The number of hydrogen-bond donors (Lipinski definition) is 2. The van der Waals surface area contributed by atoms with Gasteiger partial charge in [0.1, 0.15) is 11.6 Å². The van der Waals surface area contributed by atoms with E-state index in [9.17, 15) is 14.3 Å². The number of fused-ring (bicyclic) bond motifs is 1. The lowest BCUT2D eigenvalue weighted by atomic mass is 9.79. The van der Waals surface area contributed by atoms with Crippen molar-refractivity contribution in [3.63, 3.8) is 0 Å². The smallest absolute Gasteiger partial charge is 0.303 e. The summed E-state index contributed by atoms with van der Waals surface area (Å²) in [5.41, 5.74) is 8.33. The highest BCUT2D eigenvalue weighted by Crippen LogP contribution is 2.37. The second-order valence-corrected chi connectivity index (χ2v) is 11.9. The van der Waals surface area contributed by atoms with Crippen LogP contribution in [0.5, 0.6) is 5.75 Å². The molecule has 3 heterocycles. The number of thioether (sulfide) groups is 1. The molecule has 6 nitrogen and oxygen atoms in total. The summed E-state index contributed by atoms with van der Waals surface area (Å²) in [6.07, 6.45) is 4.26. The van der Waals surface area contributed by atoms with Gasteiger partial charge in [-0.2, -0.15) is 0 Å². The number of carboxylic acids is 1. The van der Waals surface area contributed by atoms with Crippen LogP contribution >= 0.6 is 34.7 Å². The summed E-state index contributed by atoms with van der Waals surface area (Å²) in [7, 11) is 1.62. The maximum Gasteiger partial charge on any atom is 0.303 e. The maximum absolute atomic E-state index is 13.2. The number of likely N-dealkylation sites (tertiary alicyclic amines) is 1. The Balaban J connectivity index is 1.38. The summed E-state index contributed by atoms with van der Waals surface area (Å²) in [5.74, 6) is 0.961. The predicted octanol–water partition coefficient (Wildman–Crippen LogP) is 6.08. The van der Waals surface area contributed by atoms with Gasteiger partial charge in [0.2, 0.25) is 0 Å². The van der Waals surface area contributed by atoms with Crippen molar-refractivity contribution in [2.45, 2.75) is 35.9 Å². The van der Waals surface area contributed by atoms with E-state index >= 15 is 0 Å². The number of ether oxygens (including phenoxy) is 1. The highest BCUT2D eigenvalue weighted by molar-refractivity contribution is 8.01. The zero-order valence-corrected chi connectivity index (χ0v) is 22.5. The van der Waals surface area contributed by atoms with Crippen LogP contribution in [0.25, 0.3) is 10.9 Å². The summed E-state index contributed by atoms with van der Waals surface area (Å²) in [6.45, 7) is 2.53. The molecule has 1 aliphatic rings. The van der Waals surface area contributed by atoms with Gasteiger partial charge in [-0.25, -0.2) is 4.39 Å². The number of methoxy groups -OCH3 is 1. The molecule has 0 aliphatic carbocycles. The molecule has 3 aromatic rings. The summed E-state index contributed by atoms with van der Waals surface area (Å²) in [6, 6.07) is 6.94. The van der Waals surface area contributed by atoms with Gasteiger partial charge in [0.15, 0.2) is 0 Å². The highest BCUT2D eigenvalue weighted by Gasteiger charge is 2.31. The van der Waals surface area contributed by atoms with Crippen LogP contribution in [0.1, 0.15) is 37.3 Å². The molecule has 4 rings (SSSR count). The van der Waals surface area contributed by atoms with Gasteiger partial charge in [0.25, 0.3) is 0 Å². The summed E-state index contributed by atoms with van der Waals surface area (Å²) in [5, 5.41) is 12.5. The number of rotatable bonds is 11. The number of carboxylic acid groups (broad SMARTS) is 1. The molecule has 194 valence electrons. The summed E-state index contributed by atoms with van der Waals surface area (Å²) in [4.78, 5) is 18.4. The Kier molecular flexibility index (Phi) is 9.47. The van der Waals surface area contributed by atoms with E-state index in [0.29, 0.717) is 11.4 Å². The third-order valence-electron chi connectivity index (χ3n) is 6.89. The quantitative estimate of drug-likeness (QED) is 0.279. The fraction of sp³-hybridized carbons (Fsp3) is 0.462. The first-order chi connectivity index (χ1) is 17.3. The topological polar surface area (TPSA) is 88.7 Å². The molecule has 36 heavy (non-hydrogen) atoms. The van der Waals surface area contributed by atoms with Crippen LogP contribution in [-0.2, 0) is 4.79 Å². The second-order valence-electron chi connectivity index (χ2n) is 9.23. The van der Waals surface area contributed by atoms with Gasteiger partial charge in [-0.3, -0.25) is 9.78 Å². The molecule has 1 aromatic carbocycles. The minimum absolute atomic E-state index is 0.0670. The Hall–Kier alpha value is -1.91. The number of carbonyl (C=O) groups is 1. The van der Waals surface area contributed by atoms with Gasteiger partial charge in [0.05, 0.1) is 21.9 Å². The van der Waals surface area contributed by atoms with E-state index in [1.165, 1.54) is 16.7 Å². The van der Waals surface area contributed by atoms with E-state index in [2.05, 4.69) is 9.88 Å². The number of hydrogen-bond acceptors (Lipinski definition) is 7. The molecular formula is C26H31ClFN3O3S2. The van der Waals surface area contributed by atoms with Gasteiger partial charge >= 0.3 is 5.97 Å². The minimum atomic E-state index is -0.769. The fourth-order valence-electron chi connectivity index (χ4n) is 5.05. The number of thiophene rings is 1. The van der Waals surface area contributed by atoms with Crippen molar-refractivity contribution in [2.75, 3.05) is 32.5 Å². The van der Waals surface area contributed by atoms with E-state index in [-0.39, 0.29) is 30.1 Å². The molecule has 0 bridgehead atoms. The molecule has 10 heteroatoms. The van der Waals surface area contributed by atoms with Crippen molar-refractivity contribution in [1.82, 2.24) is 9.88 Å². The summed E-state index contributed by atoms with van der Waals surface area (Å²) >= 11 is 9.60. The van der Waals surface area contributed by atoms with Crippen LogP contribution in [0.4, 0.5) is 4.39 Å². The Labute approximate surface area is 224 Å². The first-order valence-electron chi connectivity index (χ1n) is 12.0. The number of benzene rings is 1. The van der Waals surface area contributed by atoms with Crippen molar-refractivity contribution in [1.29, 1.82) is 0 Å². The number of nitrogens with two attached hydrogens (primary N) is 1. The van der Waals surface area contributed by atoms with E-state index < -0.39 is 5.97 Å². The third kappa shape index (κ3) is 6.89. The summed E-state index contributed by atoms with van der Waals surface area (Å²) < 4.78 is 19.6. The molecule has 1 fully saturated rings. The second kappa shape index (κ2) is 12.6. The van der Waals surface area contributed by atoms with Gasteiger partial charge in [-0.15, -0.1) is 23.1 Å². The highest BCUT2D eigenvalue weighted by atomic mass is 35.5. The first kappa shape index (κ1) is 27.1. The number of piperidine rings is 1. The lowest BCUT2D eigenvalue weighted by Crippen LogP contribution is -2.42. The fourth-order valence-corrected chi connectivity index (χ4v) is 7.23. The van der Waals surface area contributed by atoms with Gasteiger partial charge < -0.3 is 20.5 Å². The number of nitrogens with zero attached hydrogens (tertiary/aromatic N) is 2. The average Bonchev–Trinajstić information content (AvgIpc) is 3.27. The van der Waals surface area contributed by atoms with Gasteiger partial charge in [-0.1, -0.05) is 11.6 Å². The monoisotopic (exact) mass is 551 g/mol. The van der Waals surface area contributed by atoms with E-state index in [1.807, 2.05) is 18.2 Å². The number of pyridine rings is 1. The predicted molar refractivity (Wildman–Crippen MR) is 145 cm³/mol. The van der Waals surface area contributed by atoms with Crippen LogP contribution < -0.4 is 10.5 Å². The minimum Gasteiger partial charge on any atom is -0.497 e. The van der Waals surface area contributed by atoms with E-state index in [1.54, 1.807) is 31.1 Å². The largest absolute Gasteiger partial charge is 0.497 e. The van der Waals surface area contributed by atoms with Crippen LogP contribution in [0.3, 0.4) is 0 Å². The third-order valence-corrected chi connectivity index (χ3v) is 9.32. The first-order valence-corrected chi connectivity index (χ1v) is 14.3. The number of halogens is 2. The lowest BCUT2D eigenvalue weighted by Gasteiger charge is -2.38. The Bertz CT molecular complexity index is 1190. The molecular weight excluding hydrogens is 521 g/mol. The van der Waals surface area contributed by atoms with Crippen LogP contribution in [0, 0.1) is 17.7 Å². The average molecular weight is 552 g/mol. The standard InChI is InChI=1S/C26H31ClFN3O3S2/c1-34-19-3-5-23-20(12-19)26(21(27)13-30-23)22(29)4-2-16-6-7-31(14-17(16)10-24(32)33)8-9-35-25-11-18(28)15-36-25/h3,5,11-13,15-17,22H,2,4,6-10,14,29H2,1H3,(H,32,33). The molecule has 3 atom stereocenters. The van der Waals surface area contributed by atoms with Crippen LogP contribution in [-0.4, -0.2) is 53.5 Å². The number of aliphatic carboxylic acids is 1. The molecule has 1 aliphatic heterocycles. The molecule has 3 unspecified atom stereocenters. The van der Waals surface area contributed by atoms with Crippen molar-refractivity contribution in [3.8, 4) is 5.75 Å². The molecule has 0 amide bonds.